The van der Waals surface area contributed by atoms with E-state index in [0.29, 0.717) is 19.3 Å². The Hall–Kier alpha value is -3.15. The first kappa shape index (κ1) is 66.9. The lowest BCUT2D eigenvalue weighted by Crippen LogP contribution is -2.30. The Morgan fingerprint density at radius 1 is 0.300 bits per heavy atom. The molecule has 0 fully saturated rings. The van der Waals surface area contributed by atoms with Gasteiger partial charge in [0.25, 0.3) is 0 Å². The van der Waals surface area contributed by atoms with Crippen LogP contribution in [0.15, 0.2) is 72.9 Å². The number of carbonyl (C=O) groups is 3. The first-order valence-electron chi connectivity index (χ1n) is 29.9. The van der Waals surface area contributed by atoms with E-state index in [9.17, 15) is 14.4 Å². The van der Waals surface area contributed by atoms with E-state index in [4.69, 9.17) is 14.2 Å². The molecule has 0 saturated carbocycles. The van der Waals surface area contributed by atoms with Crippen molar-refractivity contribution in [2.45, 2.75) is 303 Å². The smallest absolute Gasteiger partial charge is 0.306 e. The second-order valence-electron chi connectivity index (χ2n) is 19.9. The highest BCUT2D eigenvalue weighted by Crippen LogP contribution is 2.15. The summed E-state index contributed by atoms with van der Waals surface area (Å²) < 4.78 is 16.9. The highest BCUT2D eigenvalue weighted by atomic mass is 16.6. The number of hydrogen-bond acceptors (Lipinski definition) is 6. The minimum absolute atomic E-state index is 0.0835. The number of carbonyl (C=O) groups excluding carboxylic acids is 3. The highest BCUT2D eigenvalue weighted by Gasteiger charge is 2.19. The fourth-order valence-electron chi connectivity index (χ4n) is 8.42. The summed E-state index contributed by atoms with van der Waals surface area (Å²) in [5.41, 5.74) is 0. The van der Waals surface area contributed by atoms with Crippen molar-refractivity contribution >= 4 is 17.9 Å². The number of ether oxygens (including phenoxy) is 3. The summed E-state index contributed by atoms with van der Waals surface area (Å²) in [6, 6.07) is 0. The summed E-state index contributed by atoms with van der Waals surface area (Å²) >= 11 is 0. The molecule has 70 heavy (non-hydrogen) atoms. The zero-order valence-electron chi connectivity index (χ0n) is 46.3. The molecule has 0 heterocycles. The van der Waals surface area contributed by atoms with Gasteiger partial charge in [-0.2, -0.15) is 0 Å². The molecule has 0 saturated heterocycles. The third kappa shape index (κ3) is 55.8. The summed E-state index contributed by atoms with van der Waals surface area (Å²) in [5, 5.41) is 0. The van der Waals surface area contributed by atoms with Gasteiger partial charge in [-0.1, -0.05) is 241 Å². The summed E-state index contributed by atoms with van der Waals surface area (Å²) in [5.74, 6) is -0.895. The minimum Gasteiger partial charge on any atom is -0.462 e. The molecule has 404 valence electrons. The third-order valence-electron chi connectivity index (χ3n) is 12.9. The lowest BCUT2D eigenvalue weighted by atomic mass is 10.1. The van der Waals surface area contributed by atoms with Gasteiger partial charge < -0.3 is 14.2 Å². The van der Waals surface area contributed by atoms with Gasteiger partial charge in [0.15, 0.2) is 6.10 Å². The predicted molar refractivity (Wildman–Crippen MR) is 302 cm³/mol. The number of hydrogen-bond donors (Lipinski definition) is 0. The van der Waals surface area contributed by atoms with Crippen LogP contribution in [0.1, 0.15) is 297 Å². The van der Waals surface area contributed by atoms with E-state index in [-0.39, 0.29) is 31.1 Å². The Morgan fingerprint density at radius 3 is 0.914 bits per heavy atom. The molecule has 1 atom stereocenters. The Kier molecular flexibility index (Phi) is 55.8. The highest BCUT2D eigenvalue weighted by molar-refractivity contribution is 5.71. The molecule has 0 amide bonds. The standard InChI is InChI=1S/C64H112O6/c1-4-7-10-13-16-19-22-25-28-31-34-36-39-42-45-48-51-54-57-63(66)69-60-61(70-64(67)58-55-52-49-46-43-40-37-33-30-27-24-21-18-15-12-9-6-3)59-68-62(65)56-53-50-47-44-41-38-35-32-29-26-23-20-17-14-11-8-5-2/h9,12,17-18,20-21,26-31,61H,4-8,10-11,13-16,19,22-25,32-60H2,1-3H3/b12-9-,20-17-,21-18-,29-26-,30-27-,31-28-. The normalized spacial score (nSPS) is 12.6. The zero-order chi connectivity index (χ0) is 50.7. The second kappa shape index (κ2) is 58.4. The molecule has 0 spiro atoms. The molecule has 0 N–H and O–H groups in total. The Labute approximate surface area is 433 Å². The van der Waals surface area contributed by atoms with Gasteiger partial charge in [-0.3, -0.25) is 14.4 Å². The summed E-state index contributed by atoms with van der Waals surface area (Å²) in [6.45, 7) is 6.51. The molecule has 0 aromatic heterocycles. The molecular weight excluding hydrogens is 865 g/mol. The minimum atomic E-state index is -0.787. The van der Waals surface area contributed by atoms with Crippen molar-refractivity contribution in [3.8, 4) is 0 Å². The van der Waals surface area contributed by atoms with Crippen LogP contribution in [-0.4, -0.2) is 37.2 Å². The molecular formula is C64H112O6. The molecule has 0 bridgehead atoms. The first-order chi connectivity index (χ1) is 34.5. The van der Waals surface area contributed by atoms with Crippen molar-refractivity contribution in [2.75, 3.05) is 13.2 Å². The van der Waals surface area contributed by atoms with Crippen molar-refractivity contribution in [1.29, 1.82) is 0 Å². The van der Waals surface area contributed by atoms with Crippen LogP contribution in [0.3, 0.4) is 0 Å². The molecule has 6 heteroatoms. The van der Waals surface area contributed by atoms with Gasteiger partial charge in [0.1, 0.15) is 13.2 Å². The van der Waals surface area contributed by atoms with Crippen molar-refractivity contribution < 1.29 is 28.6 Å². The van der Waals surface area contributed by atoms with Crippen molar-refractivity contribution in [2.24, 2.45) is 0 Å². The van der Waals surface area contributed by atoms with Crippen LogP contribution in [0.5, 0.6) is 0 Å². The monoisotopic (exact) mass is 977 g/mol. The van der Waals surface area contributed by atoms with Crippen LogP contribution in [0, 0.1) is 0 Å². The van der Waals surface area contributed by atoms with Gasteiger partial charge in [-0.25, -0.2) is 0 Å². The van der Waals surface area contributed by atoms with E-state index >= 15 is 0 Å². The topological polar surface area (TPSA) is 78.9 Å². The predicted octanol–water partition coefficient (Wildman–Crippen LogP) is 20.2. The maximum Gasteiger partial charge on any atom is 0.306 e. The fraction of sp³-hybridized carbons (Fsp3) is 0.766. The lowest BCUT2D eigenvalue weighted by Gasteiger charge is -2.18. The van der Waals surface area contributed by atoms with E-state index < -0.39 is 6.10 Å². The zero-order valence-corrected chi connectivity index (χ0v) is 46.3. The molecule has 1 unspecified atom stereocenters. The van der Waals surface area contributed by atoms with E-state index in [1.165, 1.54) is 161 Å². The fourth-order valence-corrected chi connectivity index (χ4v) is 8.42. The van der Waals surface area contributed by atoms with Crippen molar-refractivity contribution in [3.63, 3.8) is 0 Å². The van der Waals surface area contributed by atoms with Crippen LogP contribution in [0.4, 0.5) is 0 Å². The second-order valence-corrected chi connectivity index (χ2v) is 19.9. The molecule has 0 aliphatic rings. The van der Waals surface area contributed by atoms with E-state index in [0.717, 1.165) is 96.3 Å². The maximum atomic E-state index is 12.9. The molecule has 0 aromatic carbocycles. The van der Waals surface area contributed by atoms with Gasteiger partial charge >= 0.3 is 17.9 Å². The molecule has 0 rings (SSSR count). The Morgan fingerprint density at radius 2 is 0.557 bits per heavy atom. The molecule has 0 radical (unpaired) electrons. The van der Waals surface area contributed by atoms with Gasteiger partial charge in [0, 0.05) is 19.3 Å². The van der Waals surface area contributed by atoms with E-state index in [1.807, 2.05) is 0 Å². The van der Waals surface area contributed by atoms with Crippen LogP contribution >= 0.6 is 0 Å². The summed E-state index contributed by atoms with van der Waals surface area (Å²) in [7, 11) is 0. The maximum absolute atomic E-state index is 12.9. The van der Waals surface area contributed by atoms with Crippen LogP contribution in [0.25, 0.3) is 0 Å². The van der Waals surface area contributed by atoms with E-state index in [1.54, 1.807) is 0 Å². The number of esters is 3. The largest absolute Gasteiger partial charge is 0.462 e. The first-order valence-corrected chi connectivity index (χ1v) is 29.9. The number of allylic oxidation sites excluding steroid dienone is 12. The van der Waals surface area contributed by atoms with E-state index in [2.05, 4.69) is 93.7 Å². The quantitative estimate of drug-likeness (QED) is 0.0261. The summed E-state index contributed by atoms with van der Waals surface area (Å²) in [4.78, 5) is 38.2. The van der Waals surface area contributed by atoms with Crippen LogP contribution in [0.2, 0.25) is 0 Å². The molecule has 0 aromatic rings. The number of unbranched alkanes of at least 4 members (excludes halogenated alkanes) is 31. The average molecular weight is 978 g/mol. The van der Waals surface area contributed by atoms with Gasteiger partial charge in [0.2, 0.25) is 0 Å². The number of rotatable bonds is 54. The van der Waals surface area contributed by atoms with Crippen molar-refractivity contribution in [1.82, 2.24) is 0 Å². The van der Waals surface area contributed by atoms with Gasteiger partial charge in [-0.05, 0) is 109 Å². The van der Waals surface area contributed by atoms with Crippen LogP contribution in [-0.2, 0) is 28.6 Å². The average Bonchev–Trinajstić information content (AvgIpc) is 3.36. The SMILES string of the molecule is CC/C=C\C/C=C\C/C=C\CCCCCCCCCC(=O)OC(COC(=O)CCCCCCCCC/C=C\C/C=C\CCCCC)COC(=O)CCCCCCCCC/C=C\CCCCCCCCC. The molecule has 0 aliphatic carbocycles. The van der Waals surface area contributed by atoms with Gasteiger partial charge in [0.05, 0.1) is 0 Å². The van der Waals surface area contributed by atoms with Crippen molar-refractivity contribution in [3.05, 3.63) is 72.9 Å². The van der Waals surface area contributed by atoms with Gasteiger partial charge in [-0.15, -0.1) is 0 Å². The Balaban J connectivity index is 4.40. The molecule has 0 aliphatic heterocycles. The lowest BCUT2D eigenvalue weighted by molar-refractivity contribution is -0.167. The van der Waals surface area contributed by atoms with Crippen LogP contribution < -0.4 is 0 Å². The Bertz CT molecular complexity index is 1310. The molecule has 6 nitrogen and oxygen atoms in total. The summed E-state index contributed by atoms with van der Waals surface area (Å²) in [6.07, 6.45) is 74.6. The third-order valence-corrected chi connectivity index (χ3v) is 12.9.